The Kier molecular flexibility index (Phi) is 6.76. The number of carbonyl (C=O) groups excluding carboxylic acids is 3. The zero-order valence-corrected chi connectivity index (χ0v) is 16.5. The highest BCUT2D eigenvalue weighted by Crippen LogP contribution is 2.21. The van der Waals surface area contributed by atoms with Gasteiger partial charge in [0.25, 0.3) is 0 Å². The molecule has 0 unspecified atom stereocenters. The molecule has 0 aliphatic heterocycles. The van der Waals surface area contributed by atoms with Crippen LogP contribution >= 0.6 is 0 Å². The normalized spacial score (nSPS) is 10.7. The van der Waals surface area contributed by atoms with Crippen molar-refractivity contribution in [3.63, 3.8) is 0 Å². The minimum atomic E-state index is -1.26. The first kappa shape index (κ1) is 21.0. The van der Waals surface area contributed by atoms with Gasteiger partial charge in [-0.1, -0.05) is 12.1 Å². The van der Waals surface area contributed by atoms with E-state index in [1.807, 2.05) is 24.3 Å². The summed E-state index contributed by atoms with van der Waals surface area (Å²) in [5.41, 5.74) is 0.805. The Balaban J connectivity index is 1.94. The molecule has 7 heteroatoms. The lowest BCUT2D eigenvalue weighted by Crippen LogP contribution is -2.44. The highest BCUT2D eigenvalue weighted by molar-refractivity contribution is 6.09. The van der Waals surface area contributed by atoms with Gasteiger partial charge in [0, 0.05) is 24.8 Å². The Morgan fingerprint density at radius 3 is 1.89 bits per heavy atom. The van der Waals surface area contributed by atoms with Crippen LogP contribution in [0.4, 0.5) is 11.4 Å². The molecule has 28 heavy (non-hydrogen) atoms. The van der Waals surface area contributed by atoms with Crippen molar-refractivity contribution in [2.75, 3.05) is 17.7 Å². The highest BCUT2D eigenvalue weighted by Gasteiger charge is 2.35. The zero-order chi connectivity index (χ0) is 20.7. The van der Waals surface area contributed by atoms with Crippen molar-refractivity contribution in [3.8, 4) is 5.75 Å². The number of benzene rings is 2. The summed E-state index contributed by atoms with van der Waals surface area (Å²) >= 11 is 0. The van der Waals surface area contributed by atoms with Crippen molar-refractivity contribution in [2.45, 2.75) is 27.3 Å². The Labute approximate surface area is 164 Å². The van der Waals surface area contributed by atoms with Crippen LogP contribution in [0.1, 0.15) is 26.3 Å². The zero-order valence-electron chi connectivity index (χ0n) is 16.5. The molecule has 0 radical (unpaired) electrons. The molecule has 2 aromatic carbocycles. The van der Waals surface area contributed by atoms with E-state index in [0.29, 0.717) is 17.9 Å². The highest BCUT2D eigenvalue weighted by atomic mass is 16.5. The smallest absolute Gasteiger partial charge is 0.239 e. The molecule has 0 saturated heterocycles. The lowest BCUT2D eigenvalue weighted by atomic mass is 9.90. The van der Waals surface area contributed by atoms with Crippen LogP contribution < -0.4 is 20.7 Å². The molecule has 148 valence electrons. The number of ether oxygens (including phenoxy) is 1. The van der Waals surface area contributed by atoms with Crippen molar-refractivity contribution < 1.29 is 19.1 Å². The van der Waals surface area contributed by atoms with Gasteiger partial charge in [-0.15, -0.1) is 0 Å². The maximum Gasteiger partial charge on any atom is 0.239 e. The van der Waals surface area contributed by atoms with Crippen LogP contribution in [0.25, 0.3) is 0 Å². The lowest BCUT2D eigenvalue weighted by Gasteiger charge is -2.23. The van der Waals surface area contributed by atoms with E-state index in [9.17, 15) is 14.4 Å². The number of hydrogen-bond donors (Lipinski definition) is 3. The molecule has 7 nitrogen and oxygen atoms in total. The molecule has 0 saturated carbocycles. The summed E-state index contributed by atoms with van der Waals surface area (Å²) in [6.45, 7) is 4.86. The van der Waals surface area contributed by atoms with Gasteiger partial charge in [-0.05, 0) is 55.8 Å². The molecule has 0 bridgehead atoms. The second-order valence-corrected chi connectivity index (χ2v) is 6.87. The first-order valence-corrected chi connectivity index (χ1v) is 8.82. The van der Waals surface area contributed by atoms with Crippen molar-refractivity contribution in [1.29, 1.82) is 0 Å². The van der Waals surface area contributed by atoms with Gasteiger partial charge >= 0.3 is 0 Å². The Morgan fingerprint density at radius 2 is 1.39 bits per heavy atom. The third-order valence-corrected chi connectivity index (χ3v) is 4.21. The van der Waals surface area contributed by atoms with E-state index >= 15 is 0 Å². The molecular formula is C21H25N3O4. The van der Waals surface area contributed by atoms with Crippen LogP contribution in [0.3, 0.4) is 0 Å². The van der Waals surface area contributed by atoms with Crippen molar-refractivity contribution >= 4 is 29.1 Å². The lowest BCUT2D eigenvalue weighted by molar-refractivity contribution is -0.138. The summed E-state index contributed by atoms with van der Waals surface area (Å²) in [6.07, 6.45) is 0. The largest absolute Gasteiger partial charge is 0.497 e. The molecule has 0 fully saturated rings. The van der Waals surface area contributed by atoms with E-state index < -0.39 is 11.3 Å². The summed E-state index contributed by atoms with van der Waals surface area (Å²) in [5, 5.41) is 8.16. The number of hydrogen-bond acceptors (Lipinski definition) is 4. The van der Waals surface area contributed by atoms with E-state index in [4.69, 9.17) is 4.74 Å². The van der Waals surface area contributed by atoms with Gasteiger partial charge in [-0.2, -0.15) is 0 Å². The van der Waals surface area contributed by atoms with Gasteiger partial charge in [0.15, 0.2) is 0 Å². The number of carbonyl (C=O) groups is 3. The van der Waals surface area contributed by atoms with Gasteiger partial charge in [0.1, 0.15) is 11.2 Å². The maximum absolute atomic E-state index is 12.6. The molecule has 2 aromatic rings. The van der Waals surface area contributed by atoms with Gasteiger partial charge in [0.05, 0.1) is 7.11 Å². The maximum atomic E-state index is 12.6. The van der Waals surface area contributed by atoms with Crippen molar-refractivity contribution in [1.82, 2.24) is 5.32 Å². The molecule has 0 atom stereocenters. The molecule has 0 aliphatic carbocycles. The van der Waals surface area contributed by atoms with Crippen LogP contribution in [-0.2, 0) is 20.9 Å². The number of nitrogens with one attached hydrogen (secondary N) is 3. The summed E-state index contributed by atoms with van der Waals surface area (Å²) in [4.78, 5) is 36.1. The Hall–Kier alpha value is -3.35. The average Bonchev–Trinajstić information content (AvgIpc) is 2.67. The monoisotopic (exact) mass is 383 g/mol. The molecule has 0 aliphatic rings. The second kappa shape index (κ2) is 9.03. The number of rotatable bonds is 7. The Morgan fingerprint density at radius 1 is 0.857 bits per heavy atom. The van der Waals surface area contributed by atoms with Crippen LogP contribution in [-0.4, -0.2) is 24.8 Å². The minimum absolute atomic E-state index is 0.175. The SMILES string of the molecule is COc1ccc(CNC(=O)C(C)(C)C(=O)Nc2ccc(NC(C)=O)cc2)cc1. The van der Waals surface area contributed by atoms with E-state index in [1.165, 1.54) is 6.92 Å². The van der Waals surface area contributed by atoms with Crippen LogP contribution in [0.15, 0.2) is 48.5 Å². The van der Waals surface area contributed by atoms with Crippen LogP contribution in [0.5, 0.6) is 5.75 Å². The van der Waals surface area contributed by atoms with E-state index in [-0.39, 0.29) is 11.8 Å². The van der Waals surface area contributed by atoms with Crippen LogP contribution in [0.2, 0.25) is 0 Å². The predicted molar refractivity (Wildman–Crippen MR) is 108 cm³/mol. The van der Waals surface area contributed by atoms with E-state index in [2.05, 4.69) is 16.0 Å². The third-order valence-electron chi connectivity index (χ3n) is 4.21. The topological polar surface area (TPSA) is 96.5 Å². The molecule has 0 heterocycles. The Bertz CT molecular complexity index is 843. The predicted octanol–water partition coefficient (Wildman–Crippen LogP) is 2.93. The molecule has 3 amide bonds. The summed E-state index contributed by atoms with van der Waals surface area (Å²) < 4.78 is 5.10. The third kappa shape index (κ3) is 5.57. The van der Waals surface area contributed by atoms with E-state index in [1.54, 1.807) is 45.2 Å². The molecule has 3 N–H and O–H groups in total. The van der Waals surface area contributed by atoms with Gasteiger partial charge in [-0.25, -0.2) is 0 Å². The fourth-order valence-corrected chi connectivity index (χ4v) is 2.38. The van der Waals surface area contributed by atoms with E-state index in [0.717, 1.165) is 11.3 Å². The standard InChI is InChI=1S/C21H25N3O4/c1-14(25)23-16-7-9-17(10-8-16)24-20(27)21(2,3)19(26)22-13-15-5-11-18(28-4)12-6-15/h5-12H,13H2,1-4H3,(H,22,26)(H,23,25)(H,24,27). The summed E-state index contributed by atoms with van der Waals surface area (Å²) in [5.74, 6) is -0.242. The molecular weight excluding hydrogens is 358 g/mol. The van der Waals surface area contributed by atoms with Crippen molar-refractivity contribution in [3.05, 3.63) is 54.1 Å². The quantitative estimate of drug-likeness (QED) is 0.641. The number of amides is 3. The average molecular weight is 383 g/mol. The van der Waals surface area contributed by atoms with Crippen LogP contribution in [0, 0.1) is 5.41 Å². The van der Waals surface area contributed by atoms with Gasteiger partial charge in [0.2, 0.25) is 17.7 Å². The fourth-order valence-electron chi connectivity index (χ4n) is 2.38. The first-order chi connectivity index (χ1) is 13.2. The minimum Gasteiger partial charge on any atom is -0.497 e. The summed E-state index contributed by atoms with van der Waals surface area (Å²) in [6, 6.07) is 14.0. The molecule has 0 spiro atoms. The van der Waals surface area contributed by atoms with Gasteiger partial charge < -0.3 is 20.7 Å². The second-order valence-electron chi connectivity index (χ2n) is 6.87. The number of anilines is 2. The molecule has 0 aromatic heterocycles. The number of methoxy groups -OCH3 is 1. The van der Waals surface area contributed by atoms with Gasteiger partial charge in [-0.3, -0.25) is 14.4 Å². The summed E-state index contributed by atoms with van der Waals surface area (Å²) in [7, 11) is 1.59. The fraction of sp³-hybridized carbons (Fsp3) is 0.286. The molecule has 2 rings (SSSR count). The first-order valence-electron chi connectivity index (χ1n) is 8.82. The van der Waals surface area contributed by atoms with Crippen molar-refractivity contribution in [2.24, 2.45) is 5.41 Å².